The fourth-order valence-electron chi connectivity index (χ4n) is 2.48. The minimum absolute atomic E-state index is 0.215. The highest BCUT2D eigenvalue weighted by Gasteiger charge is 2.29. The third kappa shape index (κ3) is 3.08. The molecule has 0 spiro atoms. The van der Waals surface area contributed by atoms with Gasteiger partial charge in [0.2, 0.25) is 0 Å². The Morgan fingerprint density at radius 3 is 2.68 bits per heavy atom. The topological polar surface area (TPSA) is 39.7 Å². The summed E-state index contributed by atoms with van der Waals surface area (Å²) in [6.45, 7) is 6.09. The lowest BCUT2D eigenvalue weighted by Gasteiger charge is -2.35. The quantitative estimate of drug-likeness (QED) is 0.901. The Morgan fingerprint density at radius 2 is 1.95 bits per heavy atom. The summed E-state index contributed by atoms with van der Waals surface area (Å²) in [5, 5.41) is 3.46. The van der Waals surface area contributed by atoms with E-state index in [4.69, 9.17) is 14.2 Å². The molecule has 1 atom stereocenters. The molecule has 1 N–H and O–H groups in total. The Hall–Kier alpha value is -1.10. The molecule has 1 aromatic carbocycles. The van der Waals surface area contributed by atoms with Gasteiger partial charge < -0.3 is 19.5 Å². The van der Waals surface area contributed by atoms with Gasteiger partial charge in [-0.2, -0.15) is 0 Å². The van der Waals surface area contributed by atoms with Crippen molar-refractivity contribution in [1.29, 1.82) is 0 Å². The molecule has 3 rings (SSSR count). The first kappa shape index (κ1) is 12.9. The van der Waals surface area contributed by atoms with Gasteiger partial charge in [0.25, 0.3) is 0 Å². The summed E-state index contributed by atoms with van der Waals surface area (Å²) in [7, 11) is 0. The molecule has 2 aliphatic heterocycles. The first-order chi connectivity index (χ1) is 9.12. The zero-order chi connectivity index (χ0) is 13.3. The second kappa shape index (κ2) is 5.12. The molecule has 0 amide bonds. The van der Waals surface area contributed by atoms with Gasteiger partial charge in [-0.25, -0.2) is 0 Å². The number of ether oxygens (including phenoxy) is 3. The van der Waals surface area contributed by atoms with E-state index in [0.29, 0.717) is 13.2 Å². The predicted molar refractivity (Wildman–Crippen MR) is 72.3 cm³/mol. The first-order valence-corrected chi connectivity index (χ1v) is 6.88. The predicted octanol–water partition coefficient (Wildman–Crippen LogP) is 1.73. The maximum atomic E-state index is 5.89. The van der Waals surface area contributed by atoms with E-state index in [1.54, 1.807) is 0 Å². The number of fused-ring (bicyclic) bond motifs is 1. The SMILES string of the molecule is CC1(C)OCC(NCC2Cc3ccccc3O2)CO1. The van der Waals surface area contributed by atoms with Crippen molar-refractivity contribution >= 4 is 0 Å². The van der Waals surface area contributed by atoms with Crippen LogP contribution in [-0.2, 0) is 15.9 Å². The molecule has 0 saturated carbocycles. The van der Waals surface area contributed by atoms with Crippen LogP contribution in [0.15, 0.2) is 24.3 Å². The smallest absolute Gasteiger partial charge is 0.162 e. The average molecular weight is 263 g/mol. The molecule has 104 valence electrons. The van der Waals surface area contributed by atoms with Crippen LogP contribution in [0, 0.1) is 0 Å². The summed E-state index contributed by atoms with van der Waals surface area (Å²) < 4.78 is 17.2. The molecule has 1 fully saturated rings. The molecule has 1 saturated heterocycles. The van der Waals surface area contributed by atoms with Gasteiger partial charge in [-0.1, -0.05) is 18.2 Å². The summed E-state index contributed by atoms with van der Waals surface area (Å²) in [5.41, 5.74) is 1.30. The molecule has 0 aromatic heterocycles. The average Bonchev–Trinajstić information content (AvgIpc) is 2.80. The van der Waals surface area contributed by atoms with Crippen LogP contribution in [0.1, 0.15) is 19.4 Å². The summed E-state index contributed by atoms with van der Waals surface area (Å²) in [4.78, 5) is 0. The molecule has 0 radical (unpaired) electrons. The molecule has 1 aromatic rings. The summed E-state index contributed by atoms with van der Waals surface area (Å²) in [6.07, 6.45) is 1.19. The van der Waals surface area contributed by atoms with Crippen molar-refractivity contribution < 1.29 is 14.2 Å². The van der Waals surface area contributed by atoms with E-state index in [-0.39, 0.29) is 12.1 Å². The van der Waals surface area contributed by atoms with E-state index in [2.05, 4.69) is 17.4 Å². The van der Waals surface area contributed by atoms with Crippen molar-refractivity contribution in [3.05, 3.63) is 29.8 Å². The van der Waals surface area contributed by atoms with Crippen molar-refractivity contribution in [3.63, 3.8) is 0 Å². The molecule has 4 nitrogen and oxygen atoms in total. The fourth-order valence-corrected chi connectivity index (χ4v) is 2.48. The molecule has 2 aliphatic rings. The molecular weight excluding hydrogens is 242 g/mol. The standard InChI is InChI=1S/C15H21NO3/c1-15(2)17-9-12(10-18-15)16-8-13-7-11-5-3-4-6-14(11)19-13/h3-6,12-13,16H,7-10H2,1-2H3. The fraction of sp³-hybridized carbons (Fsp3) is 0.600. The van der Waals surface area contributed by atoms with E-state index in [1.807, 2.05) is 26.0 Å². The van der Waals surface area contributed by atoms with Gasteiger partial charge in [0, 0.05) is 13.0 Å². The minimum atomic E-state index is -0.446. The van der Waals surface area contributed by atoms with E-state index >= 15 is 0 Å². The highest BCUT2D eigenvalue weighted by Crippen LogP contribution is 2.27. The third-order valence-electron chi connectivity index (χ3n) is 3.61. The normalized spacial score (nSPS) is 25.9. The number of benzene rings is 1. The molecule has 4 heteroatoms. The van der Waals surface area contributed by atoms with Gasteiger partial charge in [-0.15, -0.1) is 0 Å². The van der Waals surface area contributed by atoms with Crippen molar-refractivity contribution in [3.8, 4) is 5.75 Å². The van der Waals surface area contributed by atoms with Gasteiger partial charge in [0.15, 0.2) is 5.79 Å². The number of nitrogens with one attached hydrogen (secondary N) is 1. The van der Waals surface area contributed by atoms with Crippen LogP contribution in [0.5, 0.6) is 5.75 Å². The number of para-hydroxylation sites is 1. The van der Waals surface area contributed by atoms with Crippen LogP contribution < -0.4 is 10.1 Å². The van der Waals surface area contributed by atoms with Crippen LogP contribution in [0.3, 0.4) is 0 Å². The number of hydrogen-bond acceptors (Lipinski definition) is 4. The van der Waals surface area contributed by atoms with Crippen molar-refractivity contribution in [2.75, 3.05) is 19.8 Å². The summed E-state index contributed by atoms with van der Waals surface area (Å²) >= 11 is 0. The highest BCUT2D eigenvalue weighted by molar-refractivity contribution is 5.37. The Morgan fingerprint density at radius 1 is 1.21 bits per heavy atom. The van der Waals surface area contributed by atoms with Gasteiger partial charge in [-0.3, -0.25) is 0 Å². The molecule has 0 bridgehead atoms. The summed E-state index contributed by atoms with van der Waals surface area (Å²) in [6, 6.07) is 8.48. The molecule has 2 heterocycles. The van der Waals surface area contributed by atoms with Crippen LogP contribution in [0.4, 0.5) is 0 Å². The van der Waals surface area contributed by atoms with Crippen molar-refractivity contribution in [2.45, 2.75) is 38.2 Å². The lowest BCUT2D eigenvalue weighted by molar-refractivity contribution is -0.253. The van der Waals surface area contributed by atoms with Crippen LogP contribution in [-0.4, -0.2) is 37.7 Å². The maximum Gasteiger partial charge on any atom is 0.162 e. The Kier molecular flexibility index (Phi) is 3.48. The summed E-state index contributed by atoms with van der Waals surface area (Å²) in [5.74, 6) is 0.574. The Bertz CT molecular complexity index is 412. The van der Waals surface area contributed by atoms with E-state index in [9.17, 15) is 0 Å². The minimum Gasteiger partial charge on any atom is -0.488 e. The van der Waals surface area contributed by atoms with Crippen LogP contribution in [0.2, 0.25) is 0 Å². The number of hydrogen-bond donors (Lipinski definition) is 1. The monoisotopic (exact) mass is 263 g/mol. The van der Waals surface area contributed by atoms with E-state index < -0.39 is 5.79 Å². The lowest BCUT2D eigenvalue weighted by Crippen LogP contribution is -2.50. The molecule has 0 aliphatic carbocycles. The van der Waals surface area contributed by atoms with E-state index in [0.717, 1.165) is 18.7 Å². The Labute approximate surface area is 114 Å². The van der Waals surface area contributed by atoms with Crippen molar-refractivity contribution in [1.82, 2.24) is 5.32 Å². The van der Waals surface area contributed by atoms with Crippen LogP contribution >= 0.6 is 0 Å². The zero-order valence-electron chi connectivity index (χ0n) is 11.5. The largest absolute Gasteiger partial charge is 0.488 e. The maximum absolute atomic E-state index is 5.89. The van der Waals surface area contributed by atoms with Gasteiger partial charge in [-0.05, 0) is 25.5 Å². The highest BCUT2D eigenvalue weighted by atomic mass is 16.7. The van der Waals surface area contributed by atoms with E-state index in [1.165, 1.54) is 5.56 Å². The van der Waals surface area contributed by atoms with Gasteiger partial charge >= 0.3 is 0 Å². The number of rotatable bonds is 3. The first-order valence-electron chi connectivity index (χ1n) is 6.88. The zero-order valence-corrected chi connectivity index (χ0v) is 11.5. The Balaban J connectivity index is 1.45. The van der Waals surface area contributed by atoms with Gasteiger partial charge in [0.1, 0.15) is 11.9 Å². The lowest BCUT2D eigenvalue weighted by atomic mass is 10.1. The third-order valence-corrected chi connectivity index (χ3v) is 3.61. The second-order valence-electron chi connectivity index (χ2n) is 5.68. The molecule has 19 heavy (non-hydrogen) atoms. The molecule has 1 unspecified atom stereocenters. The van der Waals surface area contributed by atoms with Crippen LogP contribution in [0.25, 0.3) is 0 Å². The second-order valence-corrected chi connectivity index (χ2v) is 5.68. The molecular formula is C15H21NO3. The van der Waals surface area contributed by atoms with Crippen molar-refractivity contribution in [2.24, 2.45) is 0 Å². The van der Waals surface area contributed by atoms with Gasteiger partial charge in [0.05, 0.1) is 19.3 Å².